The van der Waals surface area contributed by atoms with E-state index in [0.717, 1.165) is 6.07 Å². The third-order valence-electron chi connectivity index (χ3n) is 5.90. The first-order valence-electron chi connectivity index (χ1n) is 11.7. The highest BCUT2D eigenvalue weighted by Gasteiger charge is 2.32. The zero-order valence-electron chi connectivity index (χ0n) is 20.3. The van der Waals surface area contributed by atoms with Crippen LogP contribution in [0.2, 0.25) is 5.02 Å². The average Bonchev–Trinajstić information content (AvgIpc) is 2.81. The molecule has 1 amide bonds. The summed E-state index contributed by atoms with van der Waals surface area (Å²) in [5.41, 5.74) is 0.556. The van der Waals surface area contributed by atoms with E-state index in [9.17, 15) is 31.5 Å². The lowest BCUT2D eigenvalue weighted by Gasteiger charge is -2.35. The van der Waals surface area contributed by atoms with Crippen LogP contribution < -0.4 is 20.3 Å². The van der Waals surface area contributed by atoms with Crippen molar-refractivity contribution in [1.29, 1.82) is 0 Å². The minimum atomic E-state index is -4.95. The molecule has 1 aliphatic rings. The molecule has 8 nitrogen and oxygen atoms in total. The van der Waals surface area contributed by atoms with E-state index in [4.69, 9.17) is 11.6 Å². The first-order valence-corrected chi connectivity index (χ1v) is 13.7. The predicted octanol–water partition coefficient (Wildman–Crippen LogP) is 3.86. The van der Waals surface area contributed by atoms with E-state index in [1.54, 1.807) is 6.92 Å². The number of nitrogens with zero attached hydrogens (tertiary/aromatic N) is 1. The second-order valence-electron chi connectivity index (χ2n) is 8.71. The fourth-order valence-electron chi connectivity index (χ4n) is 4.16. The van der Waals surface area contributed by atoms with Crippen LogP contribution in [-0.2, 0) is 16.4 Å². The summed E-state index contributed by atoms with van der Waals surface area (Å²) >= 11 is 6.02. The highest BCUT2D eigenvalue weighted by atomic mass is 35.5. The van der Waals surface area contributed by atoms with Crippen molar-refractivity contribution in [2.45, 2.75) is 56.8 Å². The second-order valence-corrected chi connectivity index (χ2v) is 11.4. The third kappa shape index (κ3) is 8.22. The van der Waals surface area contributed by atoms with Gasteiger partial charge in [0.05, 0.1) is 10.6 Å². The topological polar surface area (TPSA) is 108 Å². The first-order chi connectivity index (χ1) is 17.3. The quantitative estimate of drug-likeness (QED) is 0.398. The van der Waals surface area contributed by atoms with Gasteiger partial charge in [-0.05, 0) is 55.7 Å². The minimum absolute atomic E-state index is 0.0169. The van der Waals surface area contributed by atoms with Gasteiger partial charge in [-0.15, -0.1) is 13.2 Å². The normalized spacial score (nSPS) is 15.9. The van der Waals surface area contributed by atoms with E-state index in [-0.39, 0.29) is 39.4 Å². The maximum atomic E-state index is 13.0. The number of aliphatic hydroxyl groups excluding tert-OH is 1. The SMILES string of the molecule is CCS(=O)(=O)c1ccc(Cl)cc1CNC(=O)c1cc(OC(F)(F)F)cc(N2CCC(NC(C)O)CC2)c1. The molecule has 0 spiro atoms. The van der Waals surface area contributed by atoms with Crippen LogP contribution in [-0.4, -0.2) is 56.9 Å². The standard InChI is InChI=1S/C24H29ClF3N3O5S/c1-3-37(34,35)22-5-4-18(25)10-17(22)14-29-23(33)16-11-20(13-21(12-16)36-24(26,27)28)31-8-6-19(7-9-31)30-15(2)32/h4-5,10-13,15,19,30,32H,3,6-9,14H2,1-2H3,(H,29,33). The van der Waals surface area contributed by atoms with Crippen molar-refractivity contribution >= 4 is 33.0 Å². The number of halogens is 4. The lowest BCUT2D eigenvalue weighted by Crippen LogP contribution is -2.45. The van der Waals surface area contributed by atoms with Crippen LogP contribution in [0.25, 0.3) is 0 Å². The summed E-state index contributed by atoms with van der Waals surface area (Å²) in [6, 6.07) is 7.92. The number of sulfone groups is 1. The molecule has 3 rings (SSSR count). The first kappa shape index (κ1) is 29.0. The smallest absolute Gasteiger partial charge is 0.406 e. The summed E-state index contributed by atoms with van der Waals surface area (Å²) in [7, 11) is -3.60. The minimum Gasteiger partial charge on any atom is -0.406 e. The summed E-state index contributed by atoms with van der Waals surface area (Å²) in [5, 5.41) is 15.4. The number of rotatable bonds is 9. The maximum absolute atomic E-state index is 13.0. The fourth-order valence-corrected chi connectivity index (χ4v) is 5.47. The number of benzene rings is 2. The van der Waals surface area contributed by atoms with Crippen molar-refractivity contribution in [1.82, 2.24) is 10.6 Å². The van der Waals surface area contributed by atoms with E-state index in [0.29, 0.717) is 31.6 Å². The molecule has 1 heterocycles. The van der Waals surface area contributed by atoms with Gasteiger partial charge in [-0.2, -0.15) is 0 Å². The highest BCUT2D eigenvalue weighted by molar-refractivity contribution is 7.91. The Morgan fingerprint density at radius 2 is 1.89 bits per heavy atom. The number of alkyl halides is 3. The van der Waals surface area contributed by atoms with Crippen molar-refractivity contribution in [3.8, 4) is 5.75 Å². The number of amides is 1. The molecule has 1 aliphatic heterocycles. The molecule has 0 radical (unpaired) electrons. The molecular formula is C24H29ClF3N3O5S. The van der Waals surface area contributed by atoms with Gasteiger partial charge in [0.15, 0.2) is 9.84 Å². The van der Waals surface area contributed by atoms with Crippen molar-refractivity contribution < 1.29 is 36.2 Å². The number of nitrogens with one attached hydrogen (secondary N) is 2. The van der Waals surface area contributed by atoms with E-state index in [1.165, 1.54) is 37.3 Å². The fraction of sp³-hybridized carbons (Fsp3) is 0.458. The highest BCUT2D eigenvalue weighted by Crippen LogP contribution is 2.31. The second kappa shape index (κ2) is 11.9. The predicted molar refractivity (Wildman–Crippen MR) is 134 cm³/mol. The number of hydrogen-bond acceptors (Lipinski definition) is 7. The summed E-state index contributed by atoms with van der Waals surface area (Å²) in [5.74, 6) is -1.41. The van der Waals surface area contributed by atoms with Gasteiger partial charge in [-0.25, -0.2) is 8.42 Å². The van der Waals surface area contributed by atoms with E-state index in [1.807, 2.05) is 4.90 Å². The Balaban J connectivity index is 1.84. The molecule has 1 atom stereocenters. The van der Waals surface area contributed by atoms with Crippen LogP contribution in [0.1, 0.15) is 42.6 Å². The molecule has 1 saturated heterocycles. The molecule has 0 saturated carbocycles. The van der Waals surface area contributed by atoms with Gasteiger partial charge in [0, 0.05) is 48.0 Å². The van der Waals surface area contributed by atoms with E-state index >= 15 is 0 Å². The van der Waals surface area contributed by atoms with E-state index < -0.39 is 34.1 Å². The summed E-state index contributed by atoms with van der Waals surface area (Å²) < 4.78 is 67.9. The molecule has 204 valence electrons. The molecule has 13 heteroatoms. The Kier molecular flexibility index (Phi) is 9.32. The molecule has 1 fully saturated rings. The van der Waals surface area contributed by atoms with Crippen LogP contribution in [0.4, 0.5) is 18.9 Å². The lowest BCUT2D eigenvalue weighted by atomic mass is 10.0. The Morgan fingerprint density at radius 3 is 2.49 bits per heavy atom. The van der Waals surface area contributed by atoms with Gasteiger partial charge in [0.1, 0.15) is 12.0 Å². The molecule has 2 aromatic carbocycles. The molecule has 0 aromatic heterocycles. The largest absolute Gasteiger partial charge is 0.573 e. The Morgan fingerprint density at radius 1 is 1.22 bits per heavy atom. The molecular weight excluding hydrogens is 535 g/mol. The lowest BCUT2D eigenvalue weighted by molar-refractivity contribution is -0.274. The van der Waals surface area contributed by atoms with Gasteiger partial charge in [0.2, 0.25) is 0 Å². The summed E-state index contributed by atoms with van der Waals surface area (Å²) in [4.78, 5) is 14.8. The Bertz CT molecular complexity index is 1220. The maximum Gasteiger partial charge on any atom is 0.573 e. The van der Waals surface area contributed by atoms with Crippen molar-refractivity contribution in [3.63, 3.8) is 0 Å². The molecule has 3 N–H and O–H groups in total. The van der Waals surface area contributed by atoms with E-state index in [2.05, 4.69) is 15.4 Å². The van der Waals surface area contributed by atoms with Gasteiger partial charge >= 0.3 is 6.36 Å². The zero-order chi connectivity index (χ0) is 27.4. The molecule has 0 aliphatic carbocycles. The third-order valence-corrected chi connectivity index (χ3v) is 7.96. The number of ether oxygens (including phenoxy) is 1. The van der Waals surface area contributed by atoms with Gasteiger partial charge in [0.25, 0.3) is 5.91 Å². The number of carbonyl (C=O) groups is 1. The zero-order valence-corrected chi connectivity index (χ0v) is 21.9. The van der Waals surface area contributed by atoms with Crippen LogP contribution in [0.3, 0.4) is 0 Å². The van der Waals surface area contributed by atoms with Crippen LogP contribution in [0.15, 0.2) is 41.3 Å². The number of hydrogen-bond donors (Lipinski definition) is 3. The number of anilines is 1. The Labute approximate surface area is 218 Å². The number of piperidine rings is 1. The van der Waals surface area contributed by atoms with Crippen LogP contribution in [0, 0.1) is 0 Å². The van der Waals surface area contributed by atoms with Gasteiger partial charge < -0.3 is 20.1 Å². The average molecular weight is 564 g/mol. The van der Waals surface area contributed by atoms with Gasteiger partial charge in [-0.3, -0.25) is 10.1 Å². The van der Waals surface area contributed by atoms with Gasteiger partial charge in [-0.1, -0.05) is 18.5 Å². The van der Waals surface area contributed by atoms with Crippen molar-refractivity contribution in [3.05, 3.63) is 52.5 Å². The summed E-state index contributed by atoms with van der Waals surface area (Å²) in [6.07, 6.45) is -4.35. The number of carbonyl (C=O) groups excluding carboxylic acids is 1. The van der Waals surface area contributed by atoms with Crippen molar-refractivity contribution in [2.75, 3.05) is 23.7 Å². The summed E-state index contributed by atoms with van der Waals surface area (Å²) in [6.45, 7) is 3.87. The Hall–Kier alpha value is -2.54. The molecule has 0 bridgehead atoms. The number of aliphatic hydroxyl groups is 1. The molecule has 37 heavy (non-hydrogen) atoms. The van der Waals surface area contributed by atoms with Crippen LogP contribution in [0.5, 0.6) is 5.75 Å². The monoisotopic (exact) mass is 563 g/mol. The van der Waals surface area contributed by atoms with Crippen LogP contribution >= 0.6 is 11.6 Å². The molecule has 1 unspecified atom stereocenters. The molecule has 2 aromatic rings. The van der Waals surface area contributed by atoms with Crippen molar-refractivity contribution in [2.24, 2.45) is 0 Å².